The topological polar surface area (TPSA) is 93.5 Å². The van der Waals surface area contributed by atoms with Gasteiger partial charge in [-0.3, -0.25) is 4.79 Å². The first-order valence-electron chi connectivity index (χ1n) is 11.2. The maximum Gasteiger partial charge on any atom is 0.343 e. The molecule has 33 heavy (non-hydrogen) atoms. The van der Waals surface area contributed by atoms with Crippen molar-refractivity contribution >= 4 is 29.3 Å². The standard InChI is InChI=1S/C25H27N3O4.ClH/c1-4-25(31)19-11-21-22-17(12-28(21)23(29)18(19)13-32-24(25)30)15(9-10-26-14(2)3)16-7-5-6-8-20(16)27-22;/h5-8,11,14,26,31H,4,9-10,12-13H2,1-3H3;1H/t25-;/m0./s1. The third kappa shape index (κ3) is 3.55. The Morgan fingerprint density at radius 3 is 2.73 bits per heavy atom. The van der Waals surface area contributed by atoms with Gasteiger partial charge in [0, 0.05) is 22.6 Å². The molecule has 0 fully saturated rings. The molecule has 2 aromatic heterocycles. The summed E-state index contributed by atoms with van der Waals surface area (Å²) in [6, 6.07) is 10.2. The van der Waals surface area contributed by atoms with Gasteiger partial charge in [-0.1, -0.05) is 39.0 Å². The van der Waals surface area contributed by atoms with E-state index in [1.165, 1.54) is 5.56 Å². The minimum atomic E-state index is -1.81. The molecule has 3 aromatic rings. The van der Waals surface area contributed by atoms with Crippen molar-refractivity contribution in [1.82, 2.24) is 14.9 Å². The Kier molecular flexibility index (Phi) is 6.07. The fraction of sp³-hybridized carbons (Fsp3) is 0.400. The molecule has 0 unspecified atom stereocenters. The van der Waals surface area contributed by atoms with E-state index in [9.17, 15) is 14.7 Å². The van der Waals surface area contributed by atoms with E-state index in [1.807, 2.05) is 18.2 Å². The zero-order chi connectivity index (χ0) is 22.6. The van der Waals surface area contributed by atoms with Crippen LogP contribution in [0.4, 0.5) is 0 Å². The molecule has 4 heterocycles. The zero-order valence-corrected chi connectivity index (χ0v) is 19.8. The number of nitrogens with zero attached hydrogens (tertiary/aromatic N) is 2. The molecule has 5 rings (SSSR count). The van der Waals surface area contributed by atoms with Gasteiger partial charge in [0.1, 0.15) is 6.61 Å². The number of aliphatic hydroxyl groups is 1. The summed E-state index contributed by atoms with van der Waals surface area (Å²) in [5.74, 6) is -0.706. The second-order valence-corrected chi connectivity index (χ2v) is 8.90. The van der Waals surface area contributed by atoms with Crippen molar-refractivity contribution in [1.29, 1.82) is 0 Å². The van der Waals surface area contributed by atoms with E-state index in [1.54, 1.807) is 17.6 Å². The Bertz CT molecular complexity index is 1320. The lowest BCUT2D eigenvalue weighted by Crippen LogP contribution is -2.44. The number of benzene rings is 1. The molecule has 0 bridgehead atoms. The molecule has 2 N–H and O–H groups in total. The Hall–Kier alpha value is -2.74. The van der Waals surface area contributed by atoms with E-state index in [0.29, 0.717) is 29.4 Å². The average molecular weight is 470 g/mol. The van der Waals surface area contributed by atoms with E-state index in [2.05, 4.69) is 25.2 Å². The van der Waals surface area contributed by atoms with E-state index < -0.39 is 11.6 Å². The van der Waals surface area contributed by atoms with Crippen molar-refractivity contribution in [2.45, 2.75) is 58.4 Å². The highest BCUT2D eigenvalue weighted by molar-refractivity contribution is 5.89. The third-order valence-corrected chi connectivity index (χ3v) is 6.64. The second-order valence-electron chi connectivity index (χ2n) is 8.90. The summed E-state index contributed by atoms with van der Waals surface area (Å²) in [7, 11) is 0. The average Bonchev–Trinajstić information content (AvgIpc) is 3.15. The lowest BCUT2D eigenvalue weighted by molar-refractivity contribution is -0.172. The van der Waals surface area contributed by atoms with Gasteiger partial charge >= 0.3 is 5.97 Å². The number of hydrogen-bond acceptors (Lipinski definition) is 6. The molecule has 8 heteroatoms. The van der Waals surface area contributed by atoms with Crippen LogP contribution in [-0.2, 0) is 34.7 Å². The maximum atomic E-state index is 13.4. The number of nitrogens with one attached hydrogen (secondary N) is 1. The molecule has 0 radical (unpaired) electrons. The molecular formula is C25H28ClN3O4. The van der Waals surface area contributed by atoms with Gasteiger partial charge in [0.15, 0.2) is 5.60 Å². The second kappa shape index (κ2) is 8.56. The Labute approximate surface area is 198 Å². The normalized spacial score (nSPS) is 18.5. The van der Waals surface area contributed by atoms with E-state index >= 15 is 0 Å². The summed E-state index contributed by atoms with van der Waals surface area (Å²) in [6.07, 6.45) is 0.943. The molecule has 7 nitrogen and oxygen atoms in total. The van der Waals surface area contributed by atoms with E-state index in [4.69, 9.17) is 9.72 Å². The van der Waals surface area contributed by atoms with Gasteiger partial charge in [0.25, 0.3) is 5.56 Å². The van der Waals surface area contributed by atoms with E-state index in [-0.39, 0.29) is 31.0 Å². The Balaban J connectivity index is 0.00000259. The maximum absolute atomic E-state index is 13.4. The summed E-state index contributed by atoms with van der Waals surface area (Å²) < 4.78 is 6.86. The highest BCUT2D eigenvalue weighted by Crippen LogP contribution is 2.40. The van der Waals surface area contributed by atoms with Gasteiger partial charge in [-0.25, -0.2) is 9.78 Å². The molecule has 0 spiro atoms. The Morgan fingerprint density at radius 1 is 1.24 bits per heavy atom. The molecule has 0 aliphatic carbocycles. The van der Waals surface area contributed by atoms with Gasteiger partial charge in [-0.2, -0.15) is 0 Å². The first kappa shape index (κ1) is 23.4. The van der Waals surface area contributed by atoms with Crippen LogP contribution in [0.25, 0.3) is 22.3 Å². The summed E-state index contributed by atoms with van der Waals surface area (Å²) in [4.78, 5) is 30.7. The van der Waals surface area contributed by atoms with Crippen LogP contribution < -0.4 is 10.9 Å². The fourth-order valence-corrected chi connectivity index (χ4v) is 4.88. The summed E-state index contributed by atoms with van der Waals surface area (Å²) >= 11 is 0. The van der Waals surface area contributed by atoms with Crippen LogP contribution in [0.1, 0.15) is 49.4 Å². The van der Waals surface area contributed by atoms with Crippen molar-refractivity contribution in [3.63, 3.8) is 0 Å². The first-order chi connectivity index (χ1) is 15.3. The van der Waals surface area contributed by atoms with Gasteiger partial charge in [-0.15, -0.1) is 12.4 Å². The monoisotopic (exact) mass is 469 g/mol. The van der Waals surface area contributed by atoms with Crippen LogP contribution in [0.15, 0.2) is 35.1 Å². The van der Waals surface area contributed by atoms with Crippen LogP contribution in [-0.4, -0.2) is 33.2 Å². The van der Waals surface area contributed by atoms with Crippen molar-refractivity contribution in [2.24, 2.45) is 0 Å². The summed E-state index contributed by atoms with van der Waals surface area (Å²) in [5, 5.41) is 15.6. The summed E-state index contributed by atoms with van der Waals surface area (Å²) in [5.41, 5.74) is 3.12. The van der Waals surface area contributed by atoms with Crippen molar-refractivity contribution < 1.29 is 14.6 Å². The molecule has 1 atom stereocenters. The molecule has 2 aliphatic rings. The number of esters is 1. The predicted octanol–water partition coefficient (Wildman–Crippen LogP) is 3.04. The van der Waals surface area contributed by atoms with Crippen molar-refractivity contribution in [2.75, 3.05) is 6.54 Å². The molecule has 0 amide bonds. The van der Waals surface area contributed by atoms with Gasteiger partial charge < -0.3 is 19.7 Å². The molecule has 174 valence electrons. The number of halogens is 1. The van der Waals surface area contributed by atoms with Crippen LogP contribution in [0, 0.1) is 0 Å². The van der Waals surface area contributed by atoms with Crippen molar-refractivity contribution in [3.05, 3.63) is 62.9 Å². The molecule has 0 saturated heterocycles. The number of ether oxygens (including phenoxy) is 1. The minimum Gasteiger partial charge on any atom is -0.458 e. The highest BCUT2D eigenvalue weighted by atomic mass is 35.5. The number of cyclic esters (lactones) is 1. The lowest BCUT2D eigenvalue weighted by Gasteiger charge is -2.31. The molecular weight excluding hydrogens is 442 g/mol. The summed E-state index contributed by atoms with van der Waals surface area (Å²) in [6.45, 7) is 7.07. The van der Waals surface area contributed by atoms with Crippen LogP contribution >= 0.6 is 12.4 Å². The Morgan fingerprint density at radius 2 is 2.00 bits per heavy atom. The number of rotatable bonds is 5. The minimum absolute atomic E-state index is 0. The molecule has 1 aromatic carbocycles. The quantitative estimate of drug-likeness (QED) is 0.436. The van der Waals surface area contributed by atoms with Crippen LogP contribution in [0.5, 0.6) is 0 Å². The third-order valence-electron chi connectivity index (χ3n) is 6.64. The van der Waals surface area contributed by atoms with Gasteiger partial charge in [-0.05, 0) is 37.1 Å². The number of aromatic nitrogens is 2. The van der Waals surface area contributed by atoms with Crippen molar-refractivity contribution in [3.8, 4) is 11.4 Å². The zero-order valence-electron chi connectivity index (χ0n) is 19.0. The molecule has 0 saturated carbocycles. The number of para-hydroxylation sites is 1. The number of pyridine rings is 2. The largest absolute Gasteiger partial charge is 0.458 e. The van der Waals surface area contributed by atoms with E-state index in [0.717, 1.165) is 35.1 Å². The first-order valence-corrected chi connectivity index (χ1v) is 11.2. The lowest BCUT2D eigenvalue weighted by atomic mass is 9.86. The SMILES string of the molecule is CC[C@@]1(O)C(=O)OCc2c1cc1n(c2=O)Cc2c-1nc1ccccc1c2CCNC(C)C.Cl. The van der Waals surface area contributed by atoms with Crippen LogP contribution in [0.3, 0.4) is 0 Å². The van der Waals surface area contributed by atoms with Gasteiger partial charge in [0.05, 0.1) is 29.0 Å². The van der Waals surface area contributed by atoms with Gasteiger partial charge in [0.2, 0.25) is 0 Å². The number of carbonyl (C=O) groups excluding carboxylic acids is 1. The number of hydrogen-bond donors (Lipinski definition) is 2. The molecule has 2 aliphatic heterocycles. The van der Waals surface area contributed by atoms with Crippen LogP contribution in [0.2, 0.25) is 0 Å². The number of carbonyl (C=O) groups is 1. The smallest absolute Gasteiger partial charge is 0.343 e. The predicted molar refractivity (Wildman–Crippen MR) is 129 cm³/mol. The highest BCUT2D eigenvalue weighted by Gasteiger charge is 2.45. The fourth-order valence-electron chi connectivity index (χ4n) is 4.88. The number of fused-ring (bicyclic) bond motifs is 5.